The van der Waals surface area contributed by atoms with Crippen LogP contribution in [0, 0.1) is 5.82 Å². The van der Waals surface area contributed by atoms with Crippen molar-refractivity contribution in [2.75, 3.05) is 0 Å². The average molecular weight is 219 g/mol. The molecule has 2 N–H and O–H groups in total. The molecule has 2 rings (SSSR count). The van der Waals surface area contributed by atoms with Crippen molar-refractivity contribution in [3.05, 3.63) is 53.6 Å². The monoisotopic (exact) mass is 219 g/mol. The van der Waals surface area contributed by atoms with Crippen LogP contribution >= 0.6 is 0 Å². The van der Waals surface area contributed by atoms with Gasteiger partial charge in [0, 0.05) is 13.2 Å². The molecule has 0 saturated carbocycles. The van der Waals surface area contributed by atoms with Gasteiger partial charge in [0.1, 0.15) is 5.82 Å². The Bertz CT molecular complexity index is 479. The number of halogens is 1. The topological polar surface area (TPSA) is 43.8 Å². The van der Waals surface area contributed by atoms with E-state index in [1.54, 1.807) is 16.8 Å². The van der Waals surface area contributed by atoms with E-state index in [1.165, 1.54) is 6.07 Å². The van der Waals surface area contributed by atoms with Gasteiger partial charge in [-0.15, -0.1) is 0 Å². The van der Waals surface area contributed by atoms with Gasteiger partial charge in [0.2, 0.25) is 0 Å². The van der Waals surface area contributed by atoms with Crippen LogP contribution in [0.5, 0.6) is 0 Å². The number of hydrogen-bond donors (Lipinski definition) is 1. The lowest BCUT2D eigenvalue weighted by atomic mass is 10.0. The lowest BCUT2D eigenvalue weighted by molar-refractivity contribution is 0.586. The minimum Gasteiger partial charge on any atom is -0.322 e. The van der Waals surface area contributed by atoms with Crippen LogP contribution in [0.15, 0.2) is 36.5 Å². The minimum absolute atomic E-state index is 0.214. The molecule has 1 atom stereocenters. The van der Waals surface area contributed by atoms with Crippen LogP contribution in [-0.2, 0) is 13.5 Å². The lowest BCUT2D eigenvalue weighted by Crippen LogP contribution is -2.15. The number of aryl methyl sites for hydroxylation is 1. The number of benzene rings is 1. The van der Waals surface area contributed by atoms with E-state index in [0.717, 1.165) is 5.69 Å². The summed E-state index contributed by atoms with van der Waals surface area (Å²) in [5.41, 5.74) is 7.38. The van der Waals surface area contributed by atoms with Gasteiger partial charge in [-0.3, -0.25) is 4.68 Å². The maximum atomic E-state index is 13.4. The van der Waals surface area contributed by atoms with Gasteiger partial charge >= 0.3 is 0 Å². The Morgan fingerprint density at radius 3 is 2.75 bits per heavy atom. The molecule has 0 spiro atoms. The van der Waals surface area contributed by atoms with Crippen molar-refractivity contribution >= 4 is 0 Å². The first-order valence-corrected chi connectivity index (χ1v) is 5.15. The van der Waals surface area contributed by atoms with Crippen molar-refractivity contribution in [3.63, 3.8) is 0 Å². The summed E-state index contributed by atoms with van der Waals surface area (Å²) in [7, 11) is 1.83. The Morgan fingerprint density at radius 2 is 2.12 bits per heavy atom. The number of hydrogen-bond acceptors (Lipinski definition) is 2. The van der Waals surface area contributed by atoms with Gasteiger partial charge in [-0.05, 0) is 24.1 Å². The van der Waals surface area contributed by atoms with Crippen LogP contribution in [0.25, 0.3) is 0 Å². The predicted octanol–water partition coefficient (Wildman–Crippen LogP) is 1.80. The highest BCUT2D eigenvalue weighted by molar-refractivity contribution is 5.20. The van der Waals surface area contributed by atoms with Gasteiger partial charge in [-0.1, -0.05) is 18.2 Å². The van der Waals surface area contributed by atoms with E-state index >= 15 is 0 Å². The smallest absolute Gasteiger partial charge is 0.126 e. The molecule has 0 radical (unpaired) electrons. The molecule has 2 aromatic rings. The summed E-state index contributed by atoms with van der Waals surface area (Å²) in [6, 6.07) is 8.26. The molecule has 1 unspecified atom stereocenters. The van der Waals surface area contributed by atoms with E-state index in [4.69, 9.17) is 5.73 Å². The second-order valence-corrected chi connectivity index (χ2v) is 3.82. The van der Waals surface area contributed by atoms with Crippen molar-refractivity contribution in [1.82, 2.24) is 9.78 Å². The van der Waals surface area contributed by atoms with E-state index in [9.17, 15) is 4.39 Å². The molecule has 0 aliphatic rings. The van der Waals surface area contributed by atoms with E-state index in [0.29, 0.717) is 12.0 Å². The van der Waals surface area contributed by atoms with Crippen LogP contribution in [-0.4, -0.2) is 9.78 Å². The summed E-state index contributed by atoms with van der Waals surface area (Å²) < 4.78 is 15.1. The molecule has 0 aliphatic heterocycles. The van der Waals surface area contributed by atoms with Crippen LogP contribution in [0.1, 0.15) is 17.3 Å². The van der Waals surface area contributed by atoms with Gasteiger partial charge in [0.05, 0.1) is 11.7 Å². The predicted molar refractivity (Wildman–Crippen MR) is 60.2 cm³/mol. The van der Waals surface area contributed by atoms with E-state index in [2.05, 4.69) is 5.10 Å². The van der Waals surface area contributed by atoms with Crippen LogP contribution in [0.2, 0.25) is 0 Å². The van der Waals surface area contributed by atoms with Crippen molar-refractivity contribution in [3.8, 4) is 0 Å². The molecule has 0 aliphatic carbocycles. The Kier molecular flexibility index (Phi) is 3.01. The highest BCUT2D eigenvalue weighted by Crippen LogP contribution is 2.16. The zero-order valence-corrected chi connectivity index (χ0v) is 9.10. The number of nitrogens with two attached hydrogens (primary N) is 1. The third-order valence-electron chi connectivity index (χ3n) is 2.51. The molecule has 3 nitrogen and oxygen atoms in total. The Labute approximate surface area is 93.7 Å². The third-order valence-corrected chi connectivity index (χ3v) is 2.51. The molecule has 84 valence electrons. The third kappa shape index (κ3) is 2.28. The van der Waals surface area contributed by atoms with Gasteiger partial charge in [-0.25, -0.2) is 4.39 Å². The maximum Gasteiger partial charge on any atom is 0.126 e. The molecular weight excluding hydrogens is 205 g/mol. The summed E-state index contributed by atoms with van der Waals surface area (Å²) >= 11 is 0. The van der Waals surface area contributed by atoms with Crippen molar-refractivity contribution in [2.45, 2.75) is 12.5 Å². The van der Waals surface area contributed by atoms with Crippen LogP contribution in [0.4, 0.5) is 4.39 Å². The SMILES string of the molecule is Cn1ccc(C(N)Cc2ccccc2F)n1. The highest BCUT2D eigenvalue weighted by atomic mass is 19.1. The van der Waals surface area contributed by atoms with Crippen molar-refractivity contribution in [1.29, 1.82) is 0 Å². The molecule has 1 aromatic heterocycles. The second kappa shape index (κ2) is 4.45. The van der Waals surface area contributed by atoms with Gasteiger partial charge < -0.3 is 5.73 Å². The van der Waals surface area contributed by atoms with Crippen molar-refractivity contribution in [2.24, 2.45) is 12.8 Å². The van der Waals surface area contributed by atoms with E-state index in [-0.39, 0.29) is 11.9 Å². The molecule has 0 fully saturated rings. The fourth-order valence-electron chi connectivity index (χ4n) is 1.64. The maximum absolute atomic E-state index is 13.4. The summed E-state index contributed by atoms with van der Waals surface area (Å²) in [6.07, 6.45) is 2.29. The minimum atomic E-state index is -0.266. The standard InChI is InChI=1S/C12H14FN3/c1-16-7-6-12(15-16)11(14)8-9-4-2-3-5-10(9)13/h2-7,11H,8,14H2,1H3. The molecule has 1 heterocycles. The summed E-state index contributed by atoms with van der Waals surface area (Å²) in [4.78, 5) is 0. The highest BCUT2D eigenvalue weighted by Gasteiger charge is 2.11. The lowest BCUT2D eigenvalue weighted by Gasteiger charge is -2.09. The van der Waals surface area contributed by atoms with Gasteiger partial charge in [0.25, 0.3) is 0 Å². The first-order chi connectivity index (χ1) is 7.66. The Hall–Kier alpha value is -1.68. The zero-order valence-electron chi connectivity index (χ0n) is 9.10. The van der Waals surface area contributed by atoms with E-state index < -0.39 is 0 Å². The molecule has 1 aromatic carbocycles. The Balaban J connectivity index is 2.13. The number of nitrogens with zero attached hydrogens (tertiary/aromatic N) is 2. The van der Waals surface area contributed by atoms with Gasteiger partial charge in [0.15, 0.2) is 0 Å². The summed E-state index contributed by atoms with van der Waals surface area (Å²) in [5, 5.41) is 4.21. The fraction of sp³-hybridized carbons (Fsp3) is 0.250. The average Bonchev–Trinajstić information content (AvgIpc) is 2.68. The van der Waals surface area contributed by atoms with Crippen LogP contribution in [0.3, 0.4) is 0 Å². The quantitative estimate of drug-likeness (QED) is 0.855. The normalized spacial score (nSPS) is 12.7. The van der Waals surface area contributed by atoms with Crippen molar-refractivity contribution < 1.29 is 4.39 Å². The zero-order chi connectivity index (χ0) is 11.5. The Morgan fingerprint density at radius 1 is 1.38 bits per heavy atom. The molecule has 0 amide bonds. The number of aromatic nitrogens is 2. The fourth-order valence-corrected chi connectivity index (χ4v) is 1.64. The van der Waals surface area contributed by atoms with E-state index in [1.807, 2.05) is 25.4 Å². The first kappa shape index (κ1) is 10.8. The second-order valence-electron chi connectivity index (χ2n) is 3.82. The number of rotatable bonds is 3. The largest absolute Gasteiger partial charge is 0.322 e. The first-order valence-electron chi connectivity index (χ1n) is 5.15. The molecule has 4 heteroatoms. The molecule has 0 saturated heterocycles. The van der Waals surface area contributed by atoms with Gasteiger partial charge in [-0.2, -0.15) is 5.10 Å². The summed E-state index contributed by atoms with van der Waals surface area (Å²) in [6.45, 7) is 0. The summed E-state index contributed by atoms with van der Waals surface area (Å²) in [5.74, 6) is -0.214. The molecular formula is C12H14FN3. The van der Waals surface area contributed by atoms with Crippen LogP contribution < -0.4 is 5.73 Å². The molecule has 0 bridgehead atoms. The molecule has 16 heavy (non-hydrogen) atoms.